The van der Waals surface area contributed by atoms with Crippen LogP contribution in [-0.4, -0.2) is 20.9 Å². The number of aromatic nitrogens is 2. The van der Waals surface area contributed by atoms with Crippen molar-refractivity contribution in [2.24, 2.45) is 13.0 Å². The van der Waals surface area contributed by atoms with Gasteiger partial charge in [0.25, 0.3) is 0 Å². The van der Waals surface area contributed by atoms with Gasteiger partial charge in [0, 0.05) is 24.0 Å². The van der Waals surface area contributed by atoms with Crippen LogP contribution in [0.15, 0.2) is 34.7 Å². The summed E-state index contributed by atoms with van der Waals surface area (Å²) in [7, 11) is 1.95. The van der Waals surface area contributed by atoms with Gasteiger partial charge in [-0.2, -0.15) is 5.10 Å². The lowest BCUT2D eigenvalue weighted by Gasteiger charge is -2.31. The number of carbonyl (C=O) groups is 1. The first-order valence-corrected chi connectivity index (χ1v) is 11.1. The van der Waals surface area contributed by atoms with Crippen molar-refractivity contribution in [3.8, 4) is 11.3 Å². The van der Waals surface area contributed by atoms with Crippen LogP contribution >= 0.6 is 0 Å². The minimum absolute atomic E-state index is 0.116. The first-order valence-electron chi connectivity index (χ1n) is 11.1. The Bertz CT molecular complexity index is 1070. The Morgan fingerprint density at radius 3 is 2.42 bits per heavy atom. The van der Waals surface area contributed by atoms with Crippen LogP contribution < -0.4 is 5.32 Å². The third-order valence-corrected chi connectivity index (χ3v) is 6.62. The highest BCUT2D eigenvalue weighted by molar-refractivity contribution is 5.88. The molecule has 6 heteroatoms. The average molecular weight is 422 g/mol. The summed E-state index contributed by atoms with van der Waals surface area (Å²) in [6, 6.07) is 9.29. The van der Waals surface area contributed by atoms with E-state index in [1.54, 1.807) is 12.1 Å². The van der Waals surface area contributed by atoms with Gasteiger partial charge in [-0.15, -0.1) is 0 Å². The van der Waals surface area contributed by atoms with E-state index in [0.717, 1.165) is 34.2 Å². The molecule has 6 nitrogen and oxygen atoms in total. The number of nitrogens with one attached hydrogen (secondary N) is 1. The number of furan rings is 1. The molecule has 1 fully saturated rings. The molecule has 0 bridgehead atoms. The van der Waals surface area contributed by atoms with Gasteiger partial charge in [0.2, 0.25) is 0 Å². The van der Waals surface area contributed by atoms with E-state index < -0.39 is 5.97 Å². The number of hydrogen-bond acceptors (Lipinski definition) is 4. The molecule has 1 aliphatic carbocycles. The zero-order valence-electron chi connectivity index (χ0n) is 18.7. The summed E-state index contributed by atoms with van der Waals surface area (Å²) in [5.74, 6) is 1.38. The van der Waals surface area contributed by atoms with E-state index in [9.17, 15) is 9.90 Å². The molecule has 1 aliphatic rings. The first-order chi connectivity index (χ1) is 14.8. The summed E-state index contributed by atoms with van der Waals surface area (Å²) in [6.45, 7) is 6.11. The number of benzene rings is 1. The van der Waals surface area contributed by atoms with Gasteiger partial charge in [0.1, 0.15) is 11.5 Å². The van der Waals surface area contributed by atoms with Crippen LogP contribution in [0.1, 0.15) is 71.2 Å². The summed E-state index contributed by atoms with van der Waals surface area (Å²) in [5, 5.41) is 17.4. The Hall–Kier alpha value is -3.02. The second kappa shape index (κ2) is 8.61. The molecule has 4 rings (SSSR count). The van der Waals surface area contributed by atoms with Gasteiger partial charge in [-0.3, -0.25) is 4.68 Å². The number of carboxylic acid groups (broad SMARTS) is 1. The predicted octanol–water partition coefficient (Wildman–Crippen LogP) is 6.04. The molecule has 2 heterocycles. The lowest BCUT2D eigenvalue weighted by atomic mass is 9.81. The lowest BCUT2D eigenvalue weighted by Crippen LogP contribution is -2.23. The third kappa shape index (κ3) is 4.24. The molecular weight excluding hydrogens is 390 g/mol. The molecule has 1 saturated carbocycles. The van der Waals surface area contributed by atoms with Gasteiger partial charge in [-0.25, -0.2) is 4.79 Å². The Morgan fingerprint density at radius 1 is 1.16 bits per heavy atom. The Labute approximate surface area is 183 Å². The van der Waals surface area contributed by atoms with Crippen molar-refractivity contribution in [3.05, 3.63) is 58.6 Å². The third-order valence-electron chi connectivity index (χ3n) is 6.62. The van der Waals surface area contributed by atoms with Gasteiger partial charge in [-0.1, -0.05) is 19.3 Å². The van der Waals surface area contributed by atoms with Gasteiger partial charge >= 0.3 is 5.97 Å². The highest BCUT2D eigenvalue weighted by Gasteiger charge is 2.29. The molecule has 31 heavy (non-hydrogen) atoms. The van der Waals surface area contributed by atoms with Crippen molar-refractivity contribution in [3.63, 3.8) is 0 Å². The fraction of sp³-hybridized carbons (Fsp3) is 0.440. The highest BCUT2D eigenvalue weighted by atomic mass is 16.4. The van der Waals surface area contributed by atoms with Gasteiger partial charge in [-0.05, 0) is 69.9 Å². The second-order valence-corrected chi connectivity index (χ2v) is 8.69. The number of rotatable bonds is 6. The van der Waals surface area contributed by atoms with E-state index in [0.29, 0.717) is 11.5 Å². The fourth-order valence-electron chi connectivity index (χ4n) is 4.86. The highest BCUT2D eigenvalue weighted by Crippen LogP contribution is 2.41. The zero-order valence-corrected chi connectivity index (χ0v) is 18.7. The molecule has 1 unspecified atom stereocenters. The quantitative estimate of drug-likeness (QED) is 0.507. The van der Waals surface area contributed by atoms with Crippen LogP contribution in [0.3, 0.4) is 0 Å². The second-order valence-electron chi connectivity index (χ2n) is 8.69. The van der Waals surface area contributed by atoms with Crippen LogP contribution in [0.25, 0.3) is 11.3 Å². The lowest BCUT2D eigenvalue weighted by molar-refractivity contribution is 0.0697. The minimum atomic E-state index is -0.909. The molecule has 0 radical (unpaired) electrons. The topological polar surface area (TPSA) is 80.3 Å². The van der Waals surface area contributed by atoms with Crippen LogP contribution in [0.5, 0.6) is 0 Å². The molecular formula is C25H31N3O3. The zero-order chi connectivity index (χ0) is 22.1. The molecule has 1 aromatic carbocycles. The largest absolute Gasteiger partial charge is 0.478 e. The Balaban J connectivity index is 1.70. The molecule has 0 saturated heterocycles. The molecule has 0 amide bonds. The van der Waals surface area contributed by atoms with Crippen molar-refractivity contribution in [1.82, 2.24) is 9.78 Å². The maximum absolute atomic E-state index is 11.2. The van der Waals surface area contributed by atoms with Crippen molar-refractivity contribution >= 4 is 11.7 Å². The Morgan fingerprint density at radius 2 is 1.84 bits per heavy atom. The molecule has 2 aromatic heterocycles. The normalized spacial score (nSPS) is 15.7. The predicted molar refractivity (Wildman–Crippen MR) is 121 cm³/mol. The van der Waals surface area contributed by atoms with E-state index in [-0.39, 0.29) is 6.04 Å². The minimum Gasteiger partial charge on any atom is -0.478 e. The van der Waals surface area contributed by atoms with Crippen LogP contribution in [0, 0.1) is 26.7 Å². The molecule has 164 valence electrons. The molecule has 0 spiro atoms. The van der Waals surface area contributed by atoms with Crippen LogP contribution in [0.4, 0.5) is 5.69 Å². The summed E-state index contributed by atoms with van der Waals surface area (Å²) in [4.78, 5) is 11.2. The number of nitrogens with zero attached hydrogens (tertiary/aromatic N) is 2. The maximum Gasteiger partial charge on any atom is 0.335 e. The van der Waals surface area contributed by atoms with E-state index in [1.165, 1.54) is 37.7 Å². The van der Waals surface area contributed by atoms with E-state index in [4.69, 9.17) is 4.42 Å². The molecule has 3 aromatic rings. The van der Waals surface area contributed by atoms with Crippen molar-refractivity contribution in [2.45, 2.75) is 58.9 Å². The summed E-state index contributed by atoms with van der Waals surface area (Å²) in [6.07, 6.45) is 6.13. The first kappa shape index (κ1) is 21.2. The van der Waals surface area contributed by atoms with Gasteiger partial charge in [0.15, 0.2) is 0 Å². The number of carboxylic acids is 1. The molecule has 1 atom stereocenters. The van der Waals surface area contributed by atoms with Crippen LogP contribution in [-0.2, 0) is 7.05 Å². The summed E-state index contributed by atoms with van der Waals surface area (Å²) >= 11 is 0. The van der Waals surface area contributed by atoms with Crippen LogP contribution in [0.2, 0.25) is 0 Å². The van der Waals surface area contributed by atoms with E-state index in [1.807, 2.05) is 37.7 Å². The van der Waals surface area contributed by atoms with Crippen molar-refractivity contribution in [2.75, 3.05) is 5.32 Å². The monoisotopic (exact) mass is 421 g/mol. The number of hydrogen-bond donors (Lipinski definition) is 2. The average Bonchev–Trinajstić information content (AvgIpc) is 3.25. The van der Waals surface area contributed by atoms with Crippen molar-refractivity contribution < 1.29 is 14.3 Å². The smallest absolute Gasteiger partial charge is 0.335 e. The fourth-order valence-corrected chi connectivity index (χ4v) is 4.86. The summed E-state index contributed by atoms with van der Waals surface area (Å²) in [5.41, 5.74) is 5.51. The van der Waals surface area contributed by atoms with Crippen molar-refractivity contribution in [1.29, 1.82) is 0 Å². The number of aryl methyl sites for hydroxylation is 3. The SMILES string of the molecule is Cc1nn(C)c(C)c1-c1cc(C(Nc2ccc(C(=O)O)cc2)C2CCCCC2)c(C)o1. The molecule has 2 N–H and O–H groups in total. The standard InChI is InChI=1S/C25H31N3O3/c1-15-23(16(2)28(4)27-15)22-14-21(17(3)31-22)24(18-8-6-5-7-9-18)26-20-12-10-19(11-13-20)25(29)30/h10-14,18,24,26H,5-9H2,1-4H3,(H,29,30). The number of aromatic carboxylic acids is 1. The van der Waals surface area contributed by atoms with E-state index in [2.05, 4.69) is 23.4 Å². The number of anilines is 1. The molecule has 0 aliphatic heterocycles. The van der Waals surface area contributed by atoms with Gasteiger partial charge in [0.05, 0.1) is 22.9 Å². The van der Waals surface area contributed by atoms with E-state index >= 15 is 0 Å². The maximum atomic E-state index is 11.2. The Kier molecular flexibility index (Phi) is 5.90. The van der Waals surface area contributed by atoms with Gasteiger partial charge < -0.3 is 14.8 Å². The summed E-state index contributed by atoms with van der Waals surface area (Å²) < 4.78 is 8.16.